The van der Waals surface area contributed by atoms with Crippen LogP contribution in [-0.2, 0) is 21.3 Å². The second-order valence-electron chi connectivity index (χ2n) is 0.447. The molecule has 39 valence electrons. The first kappa shape index (κ1) is 22.6. The summed E-state index contributed by atoms with van der Waals surface area (Å²) < 4.78 is 8.55. The van der Waals surface area contributed by atoms with E-state index in [-0.39, 0.29) is 54.5 Å². The summed E-state index contributed by atoms with van der Waals surface area (Å²) in [6.07, 6.45) is 0. The zero-order valence-corrected chi connectivity index (χ0v) is 6.35. The van der Waals surface area contributed by atoms with Crippen LogP contribution in [0, 0.1) is 0 Å². The Morgan fingerprint density at radius 2 is 1.00 bits per heavy atom. The first-order valence-electron chi connectivity index (χ1n) is 0.730. The van der Waals surface area contributed by atoms with Crippen molar-refractivity contribution in [3.05, 3.63) is 0 Å². The van der Waals surface area contributed by atoms with Gasteiger partial charge < -0.3 is 19.2 Å². The maximum atomic E-state index is 8.55. The van der Waals surface area contributed by atoms with Gasteiger partial charge in [-0.15, -0.1) is 0 Å². The van der Waals surface area contributed by atoms with E-state index >= 15 is 0 Å². The van der Waals surface area contributed by atoms with Crippen molar-refractivity contribution >= 4 is 7.82 Å². The molecular weight excluding hydrogens is 168 g/mol. The van der Waals surface area contributed by atoms with E-state index in [0.29, 0.717) is 0 Å². The molecule has 0 aliphatic rings. The van der Waals surface area contributed by atoms with Gasteiger partial charge in [-0.3, -0.25) is 0 Å². The van der Waals surface area contributed by atoms with Gasteiger partial charge in [-0.25, -0.2) is 0 Å². The standard InChI is InChI=1S/Co.2Li.H3O4P/c;;;1-5(2,3)4/h;;;(H3,1,2,3,4)/q+2;2*+1;/p-3. The van der Waals surface area contributed by atoms with E-state index < -0.39 is 7.82 Å². The summed E-state index contributed by atoms with van der Waals surface area (Å²) in [7, 11) is -5.39. The van der Waals surface area contributed by atoms with E-state index in [4.69, 9.17) is 19.2 Å². The Balaban J connectivity index is -0.0000000267. The van der Waals surface area contributed by atoms with Gasteiger partial charge in [0.25, 0.3) is 0 Å². The maximum absolute atomic E-state index is 8.55. The van der Waals surface area contributed by atoms with Gasteiger partial charge in [0.1, 0.15) is 0 Å². The van der Waals surface area contributed by atoms with Crippen molar-refractivity contribution in [1.29, 1.82) is 0 Å². The van der Waals surface area contributed by atoms with Gasteiger partial charge in [0, 0.05) is 0 Å². The largest absolute Gasteiger partial charge is 2.00 e. The molecule has 0 aromatic rings. The fraction of sp³-hybridized carbons (Fsp3) is 0. The third-order valence-corrected chi connectivity index (χ3v) is 0. The van der Waals surface area contributed by atoms with Crippen molar-refractivity contribution in [2.75, 3.05) is 0 Å². The molecule has 0 N–H and O–H groups in total. The molecule has 0 atom stereocenters. The minimum atomic E-state index is -5.39. The molecule has 0 aliphatic carbocycles. The van der Waals surface area contributed by atoms with Crippen LogP contribution in [0.3, 0.4) is 0 Å². The van der Waals surface area contributed by atoms with Gasteiger partial charge in [-0.2, -0.15) is 7.82 Å². The summed E-state index contributed by atoms with van der Waals surface area (Å²) in [5.41, 5.74) is 0. The van der Waals surface area contributed by atoms with Crippen LogP contribution in [0.4, 0.5) is 0 Å². The molecule has 8 heteroatoms. The Kier molecular flexibility index (Phi) is 24.8. The van der Waals surface area contributed by atoms with Crippen molar-refractivity contribution in [2.45, 2.75) is 0 Å². The van der Waals surface area contributed by atoms with Crippen molar-refractivity contribution < 1.29 is 73.7 Å². The average Bonchev–Trinajstić information content (AvgIpc) is 0.722. The molecular formula is CoLi2O4P+. The molecule has 8 heavy (non-hydrogen) atoms. The predicted octanol–water partition coefficient (Wildman–Crippen LogP) is -8.82. The first-order valence-corrected chi connectivity index (χ1v) is 2.19. The van der Waals surface area contributed by atoms with Crippen LogP contribution in [0.2, 0.25) is 0 Å². The van der Waals surface area contributed by atoms with Gasteiger partial charge in [-0.05, 0) is 0 Å². The second-order valence-corrected chi connectivity index (χ2v) is 1.34. The number of hydrogen-bond donors (Lipinski definition) is 0. The molecule has 0 heterocycles. The Labute approximate surface area is 81.2 Å². The van der Waals surface area contributed by atoms with Crippen LogP contribution in [0.1, 0.15) is 0 Å². The molecule has 0 spiro atoms. The van der Waals surface area contributed by atoms with E-state index in [1.54, 1.807) is 0 Å². The van der Waals surface area contributed by atoms with Crippen molar-refractivity contribution in [3.8, 4) is 0 Å². The first-order chi connectivity index (χ1) is 2.00. The third-order valence-electron chi connectivity index (χ3n) is 0. The fourth-order valence-electron chi connectivity index (χ4n) is 0. The van der Waals surface area contributed by atoms with Crippen LogP contribution >= 0.6 is 7.82 Å². The summed E-state index contributed by atoms with van der Waals surface area (Å²) in [6, 6.07) is 0. The molecule has 0 rings (SSSR count). The van der Waals surface area contributed by atoms with E-state index in [0.717, 1.165) is 0 Å². The van der Waals surface area contributed by atoms with Gasteiger partial charge in [0.15, 0.2) is 0 Å². The van der Waals surface area contributed by atoms with E-state index in [1.165, 1.54) is 0 Å². The van der Waals surface area contributed by atoms with Crippen molar-refractivity contribution in [1.82, 2.24) is 0 Å². The van der Waals surface area contributed by atoms with Gasteiger partial charge >= 0.3 is 54.5 Å². The number of hydrogen-bond acceptors (Lipinski definition) is 4. The minimum absolute atomic E-state index is 0. The summed E-state index contributed by atoms with van der Waals surface area (Å²) in [5, 5.41) is 0. The molecule has 0 saturated carbocycles. The SMILES string of the molecule is O=P([O-])([O-])[O-].[Co+2].[Li+].[Li+]. The molecule has 0 bridgehead atoms. The maximum Gasteiger partial charge on any atom is 2.00 e. The van der Waals surface area contributed by atoms with Gasteiger partial charge in [0.05, 0.1) is 0 Å². The average molecular weight is 168 g/mol. The zero-order chi connectivity index (χ0) is 4.50. The summed E-state index contributed by atoms with van der Waals surface area (Å²) in [5.74, 6) is 0. The normalized spacial score (nSPS) is 7.38. The van der Waals surface area contributed by atoms with Crippen molar-refractivity contribution in [3.63, 3.8) is 0 Å². The molecule has 0 saturated heterocycles. The Bertz CT molecular complexity index is 60.2. The molecule has 0 unspecified atom stereocenters. The topological polar surface area (TPSA) is 86.2 Å². The van der Waals surface area contributed by atoms with E-state index in [1.807, 2.05) is 0 Å². The molecule has 0 aromatic heterocycles. The monoisotopic (exact) mass is 168 g/mol. The summed E-state index contributed by atoms with van der Waals surface area (Å²) in [4.78, 5) is 25.6. The quantitative estimate of drug-likeness (QED) is 0.265. The Morgan fingerprint density at radius 1 is 1.00 bits per heavy atom. The molecule has 0 amide bonds. The molecule has 1 radical (unpaired) electrons. The number of phosphoric acid groups is 1. The third kappa shape index (κ3) is 110. The minimum Gasteiger partial charge on any atom is -0.822 e. The van der Waals surface area contributed by atoms with E-state index in [9.17, 15) is 0 Å². The van der Waals surface area contributed by atoms with Crippen LogP contribution in [-0.4, -0.2) is 0 Å². The Morgan fingerprint density at radius 3 is 1.00 bits per heavy atom. The van der Waals surface area contributed by atoms with Crippen LogP contribution in [0.15, 0.2) is 0 Å². The summed E-state index contributed by atoms with van der Waals surface area (Å²) >= 11 is 0. The van der Waals surface area contributed by atoms with Crippen LogP contribution < -0.4 is 52.4 Å². The van der Waals surface area contributed by atoms with Gasteiger partial charge in [-0.1, -0.05) is 0 Å². The predicted molar refractivity (Wildman–Crippen MR) is 7.61 cm³/mol. The zero-order valence-electron chi connectivity index (χ0n) is 4.41. The fourth-order valence-corrected chi connectivity index (χ4v) is 0. The van der Waals surface area contributed by atoms with Gasteiger partial charge in [0.2, 0.25) is 0 Å². The van der Waals surface area contributed by atoms with Crippen LogP contribution in [0.5, 0.6) is 0 Å². The van der Waals surface area contributed by atoms with E-state index in [2.05, 4.69) is 0 Å². The molecule has 0 aliphatic heterocycles. The molecule has 0 fully saturated rings. The second kappa shape index (κ2) is 8.81. The molecule has 4 nitrogen and oxygen atoms in total. The van der Waals surface area contributed by atoms with Crippen LogP contribution in [0.25, 0.3) is 0 Å². The number of rotatable bonds is 0. The van der Waals surface area contributed by atoms with Crippen molar-refractivity contribution in [2.24, 2.45) is 0 Å². The Hall–Kier alpha value is 1.81. The smallest absolute Gasteiger partial charge is 0.822 e. The summed E-state index contributed by atoms with van der Waals surface area (Å²) in [6.45, 7) is 0. The molecule has 0 aromatic carbocycles.